The topological polar surface area (TPSA) is 94.3 Å². The standard InChI is InChI=1S/C12H15N3O3S2/c1-18-11-4-2-9(7-14-11)8-15-20(16,17)12-5-3-10(6-13)19-12/h2-5,7,15H,6,8,13H2,1H3. The van der Waals surface area contributed by atoms with Gasteiger partial charge in [0.05, 0.1) is 7.11 Å². The Morgan fingerprint density at radius 3 is 2.70 bits per heavy atom. The lowest BCUT2D eigenvalue weighted by molar-refractivity contribution is 0.397. The molecule has 0 radical (unpaired) electrons. The monoisotopic (exact) mass is 313 g/mol. The summed E-state index contributed by atoms with van der Waals surface area (Å²) in [5.41, 5.74) is 6.23. The Labute approximate surface area is 121 Å². The predicted molar refractivity (Wildman–Crippen MR) is 77.0 cm³/mol. The van der Waals surface area contributed by atoms with Crippen molar-refractivity contribution in [3.63, 3.8) is 0 Å². The third-order valence-electron chi connectivity index (χ3n) is 2.58. The van der Waals surface area contributed by atoms with Crippen LogP contribution < -0.4 is 15.2 Å². The molecule has 0 saturated heterocycles. The van der Waals surface area contributed by atoms with E-state index in [4.69, 9.17) is 10.5 Å². The second-order valence-electron chi connectivity index (χ2n) is 3.96. The lowest BCUT2D eigenvalue weighted by Crippen LogP contribution is -2.22. The lowest BCUT2D eigenvalue weighted by Gasteiger charge is -2.05. The summed E-state index contributed by atoms with van der Waals surface area (Å²) in [7, 11) is -1.99. The van der Waals surface area contributed by atoms with Gasteiger partial charge >= 0.3 is 0 Å². The molecule has 2 aromatic rings. The molecular weight excluding hydrogens is 298 g/mol. The average Bonchev–Trinajstić information content (AvgIpc) is 2.95. The summed E-state index contributed by atoms with van der Waals surface area (Å²) in [5, 5.41) is 0. The highest BCUT2D eigenvalue weighted by Gasteiger charge is 2.16. The van der Waals surface area contributed by atoms with Gasteiger partial charge in [0.1, 0.15) is 4.21 Å². The molecule has 2 heterocycles. The number of methoxy groups -OCH3 is 1. The highest BCUT2D eigenvalue weighted by molar-refractivity contribution is 7.91. The first-order valence-corrected chi connectivity index (χ1v) is 8.12. The fourth-order valence-corrected chi connectivity index (χ4v) is 3.79. The van der Waals surface area contributed by atoms with Crippen LogP contribution in [0.25, 0.3) is 0 Å². The summed E-state index contributed by atoms with van der Waals surface area (Å²) in [6, 6.07) is 6.71. The summed E-state index contributed by atoms with van der Waals surface area (Å²) in [6.45, 7) is 0.512. The fourth-order valence-electron chi connectivity index (χ4n) is 1.50. The van der Waals surface area contributed by atoms with Crippen molar-refractivity contribution in [1.29, 1.82) is 0 Å². The van der Waals surface area contributed by atoms with Crippen molar-refractivity contribution in [2.24, 2.45) is 5.73 Å². The molecule has 8 heteroatoms. The molecule has 0 spiro atoms. The zero-order valence-corrected chi connectivity index (χ0v) is 12.5. The maximum Gasteiger partial charge on any atom is 0.250 e. The lowest BCUT2D eigenvalue weighted by atomic mass is 10.3. The molecule has 3 N–H and O–H groups in total. The molecule has 0 aliphatic rings. The van der Waals surface area contributed by atoms with Crippen LogP contribution in [0.3, 0.4) is 0 Å². The van der Waals surface area contributed by atoms with Gasteiger partial charge in [0.2, 0.25) is 15.9 Å². The first-order valence-electron chi connectivity index (χ1n) is 5.82. The van der Waals surface area contributed by atoms with Crippen LogP contribution in [-0.4, -0.2) is 20.5 Å². The number of hydrogen-bond donors (Lipinski definition) is 2. The third-order valence-corrected chi connectivity index (χ3v) is 5.58. The maximum atomic E-state index is 12.1. The van der Waals surface area contributed by atoms with Crippen molar-refractivity contribution in [1.82, 2.24) is 9.71 Å². The molecule has 2 rings (SSSR count). The second kappa shape index (κ2) is 6.31. The molecule has 0 unspecified atom stereocenters. The molecule has 0 bridgehead atoms. The van der Waals surface area contributed by atoms with Crippen LogP contribution in [0.4, 0.5) is 0 Å². The number of pyridine rings is 1. The highest BCUT2D eigenvalue weighted by Crippen LogP contribution is 2.21. The van der Waals surface area contributed by atoms with Gasteiger partial charge in [-0.05, 0) is 17.7 Å². The van der Waals surface area contributed by atoms with Crippen molar-refractivity contribution >= 4 is 21.4 Å². The van der Waals surface area contributed by atoms with Gasteiger partial charge in [-0.25, -0.2) is 18.1 Å². The highest BCUT2D eigenvalue weighted by atomic mass is 32.2. The molecular formula is C12H15N3O3S2. The van der Waals surface area contributed by atoms with Gasteiger partial charge < -0.3 is 10.5 Å². The SMILES string of the molecule is COc1ccc(CNS(=O)(=O)c2ccc(CN)s2)cn1. The predicted octanol–water partition coefficient (Wildman–Crippen LogP) is 1.09. The number of nitrogens with two attached hydrogens (primary N) is 1. The van der Waals surface area contributed by atoms with Crippen molar-refractivity contribution < 1.29 is 13.2 Å². The minimum absolute atomic E-state index is 0.176. The van der Waals surface area contributed by atoms with Gasteiger partial charge in [-0.3, -0.25) is 0 Å². The van der Waals surface area contributed by atoms with Gasteiger partial charge in [0.15, 0.2) is 0 Å². The van der Waals surface area contributed by atoms with Crippen LogP contribution in [-0.2, 0) is 23.1 Å². The zero-order chi connectivity index (χ0) is 14.6. The number of ether oxygens (including phenoxy) is 1. The third kappa shape index (κ3) is 3.54. The number of nitrogens with zero attached hydrogens (tertiary/aromatic N) is 1. The molecule has 2 aromatic heterocycles. The van der Waals surface area contributed by atoms with Gasteiger partial charge in [0, 0.05) is 30.2 Å². The van der Waals surface area contributed by atoms with Gasteiger partial charge in [-0.2, -0.15) is 0 Å². The molecule has 0 amide bonds. The van der Waals surface area contributed by atoms with E-state index in [0.29, 0.717) is 12.4 Å². The molecule has 6 nitrogen and oxygen atoms in total. The Bertz CT molecular complexity index is 666. The molecule has 0 fully saturated rings. The smallest absolute Gasteiger partial charge is 0.250 e. The number of rotatable bonds is 6. The number of nitrogens with one attached hydrogen (secondary N) is 1. The number of hydrogen-bond acceptors (Lipinski definition) is 6. The first kappa shape index (κ1) is 14.9. The van der Waals surface area contributed by atoms with Crippen LogP contribution in [0.15, 0.2) is 34.7 Å². The van der Waals surface area contributed by atoms with Crippen LogP contribution in [0, 0.1) is 0 Å². The van der Waals surface area contributed by atoms with Crippen molar-refractivity contribution in [2.75, 3.05) is 7.11 Å². The molecule has 0 aliphatic heterocycles. The quantitative estimate of drug-likeness (QED) is 0.832. The average molecular weight is 313 g/mol. The minimum atomic E-state index is -3.51. The Balaban J connectivity index is 2.04. The second-order valence-corrected chi connectivity index (χ2v) is 7.12. The van der Waals surface area contributed by atoms with E-state index in [1.165, 1.54) is 18.4 Å². The normalized spacial score (nSPS) is 11.5. The minimum Gasteiger partial charge on any atom is -0.481 e. The number of thiophene rings is 1. The fraction of sp³-hybridized carbons (Fsp3) is 0.250. The Morgan fingerprint density at radius 2 is 2.15 bits per heavy atom. The molecule has 0 aliphatic carbocycles. The van der Waals surface area contributed by atoms with Gasteiger partial charge in [-0.1, -0.05) is 6.07 Å². The Hall–Kier alpha value is -1.48. The zero-order valence-electron chi connectivity index (χ0n) is 10.9. The van der Waals surface area contributed by atoms with Crippen LogP contribution in [0.2, 0.25) is 0 Å². The van der Waals surface area contributed by atoms with Crippen molar-refractivity contribution in [3.8, 4) is 5.88 Å². The first-order chi connectivity index (χ1) is 9.55. The Kier molecular flexibility index (Phi) is 4.71. The summed E-state index contributed by atoms with van der Waals surface area (Å²) in [6.07, 6.45) is 1.57. The molecule has 0 atom stereocenters. The summed E-state index contributed by atoms with van der Waals surface area (Å²) < 4.78 is 31.9. The van der Waals surface area contributed by atoms with E-state index in [1.807, 2.05) is 0 Å². The number of sulfonamides is 1. The van der Waals surface area contributed by atoms with Crippen molar-refractivity contribution in [2.45, 2.75) is 17.3 Å². The van der Waals surface area contributed by atoms with E-state index >= 15 is 0 Å². The Morgan fingerprint density at radius 1 is 1.35 bits per heavy atom. The van der Waals surface area contributed by atoms with Gasteiger partial charge in [-0.15, -0.1) is 11.3 Å². The van der Waals surface area contributed by atoms with Crippen LogP contribution >= 0.6 is 11.3 Å². The van der Waals surface area contributed by atoms with E-state index < -0.39 is 10.0 Å². The van der Waals surface area contributed by atoms with Crippen molar-refractivity contribution in [3.05, 3.63) is 40.9 Å². The molecule has 20 heavy (non-hydrogen) atoms. The van der Waals surface area contributed by atoms with E-state index in [-0.39, 0.29) is 10.8 Å². The molecule has 0 aromatic carbocycles. The largest absolute Gasteiger partial charge is 0.481 e. The van der Waals surface area contributed by atoms with E-state index in [2.05, 4.69) is 9.71 Å². The summed E-state index contributed by atoms with van der Waals surface area (Å²) in [5.74, 6) is 0.488. The van der Waals surface area contributed by atoms with Gasteiger partial charge in [0.25, 0.3) is 0 Å². The molecule has 108 valence electrons. The number of aromatic nitrogens is 1. The van der Waals surface area contributed by atoms with E-state index in [9.17, 15) is 8.42 Å². The summed E-state index contributed by atoms with van der Waals surface area (Å²) >= 11 is 1.17. The summed E-state index contributed by atoms with van der Waals surface area (Å²) in [4.78, 5) is 4.85. The van der Waals surface area contributed by atoms with Crippen LogP contribution in [0.5, 0.6) is 5.88 Å². The van der Waals surface area contributed by atoms with E-state index in [0.717, 1.165) is 10.4 Å². The molecule has 0 saturated carbocycles. The van der Waals surface area contributed by atoms with E-state index in [1.54, 1.807) is 30.5 Å². The maximum absolute atomic E-state index is 12.1. The van der Waals surface area contributed by atoms with Crippen LogP contribution in [0.1, 0.15) is 10.4 Å².